The van der Waals surface area contributed by atoms with E-state index < -0.39 is 69.9 Å². The topological polar surface area (TPSA) is 348 Å². The number of hydrogen-bond donors (Lipinski definition) is 10. The number of phosphoric acid groups is 2. The van der Waals surface area contributed by atoms with Crippen molar-refractivity contribution in [2.45, 2.75) is 82.8 Å². The third-order valence-corrected chi connectivity index (χ3v) is 13.5. The largest absolute Gasteiger partial charge is 0.484 e. The fourth-order valence-corrected chi connectivity index (χ4v) is 9.74. The predicted molar refractivity (Wildman–Crippen MR) is 273 cm³/mol. The summed E-state index contributed by atoms with van der Waals surface area (Å²) in [6.45, 7) is 3.10. The first-order chi connectivity index (χ1) is 34.7. The summed E-state index contributed by atoms with van der Waals surface area (Å²) >= 11 is 0. The lowest BCUT2D eigenvalue weighted by Gasteiger charge is -2.30. The summed E-state index contributed by atoms with van der Waals surface area (Å²) in [5.41, 5.74) is 18.4. The quantitative estimate of drug-likeness (QED) is 0.0298. The summed E-state index contributed by atoms with van der Waals surface area (Å²) in [6, 6.07) is 15.8. The van der Waals surface area contributed by atoms with Gasteiger partial charge in [0.2, 0.25) is 17.7 Å². The highest BCUT2D eigenvalue weighted by molar-refractivity contribution is 7.46. The molecule has 22 nitrogen and oxygen atoms in total. The molecule has 4 amide bonds. The molecule has 0 radical (unpaired) electrons. The van der Waals surface area contributed by atoms with E-state index in [1.807, 2.05) is 48.5 Å². The molecule has 12 N–H and O–H groups in total. The zero-order valence-corrected chi connectivity index (χ0v) is 42.1. The molecule has 1 aromatic carbocycles. The van der Waals surface area contributed by atoms with Crippen LogP contribution in [0.4, 0.5) is 0 Å². The second-order valence-electron chi connectivity index (χ2n) is 18.2. The molecule has 0 aliphatic carbocycles. The molecule has 73 heavy (non-hydrogen) atoms. The fraction of sp³-hybridized carbons (Fsp3) is 0.388. The van der Waals surface area contributed by atoms with Gasteiger partial charge in [-0.1, -0.05) is 26.0 Å². The molecule has 3 aliphatic rings. The maximum absolute atomic E-state index is 14.0. The molecule has 3 aromatic heterocycles. The molecule has 0 spiro atoms. The van der Waals surface area contributed by atoms with Gasteiger partial charge in [0.15, 0.2) is 6.61 Å². The number of amides is 4. The maximum atomic E-state index is 14.0. The summed E-state index contributed by atoms with van der Waals surface area (Å²) in [4.78, 5) is 108. The Balaban J connectivity index is 1.13. The molecule has 0 saturated carbocycles. The number of H-pyrrole nitrogens is 2. The molecule has 1 fully saturated rings. The predicted octanol–water partition coefficient (Wildman–Crippen LogP) is 5.01. The molecule has 6 heterocycles. The third-order valence-electron chi connectivity index (χ3n) is 12.5. The van der Waals surface area contributed by atoms with Crippen LogP contribution in [0.5, 0.6) is 5.75 Å². The molecule has 0 unspecified atom stereocenters. The number of benzene rings is 1. The number of carbonyl (C=O) groups excluding carboxylic acids is 4. The molecular weight excluding hydrogens is 985 g/mol. The molecule has 24 heteroatoms. The summed E-state index contributed by atoms with van der Waals surface area (Å²) in [5, 5.41) is 5.52. The minimum atomic E-state index is -4.82. The summed E-state index contributed by atoms with van der Waals surface area (Å²) in [7, 11) is -9.65. The van der Waals surface area contributed by atoms with Crippen LogP contribution in [0.15, 0.2) is 60.7 Å². The van der Waals surface area contributed by atoms with Crippen LogP contribution in [0.2, 0.25) is 0 Å². The van der Waals surface area contributed by atoms with Gasteiger partial charge in [-0.15, -0.1) is 0 Å². The Hall–Kier alpha value is -6.32. The smallest absolute Gasteiger partial charge is 0.469 e. The van der Waals surface area contributed by atoms with Crippen LogP contribution in [0.3, 0.4) is 0 Å². The van der Waals surface area contributed by atoms with Crippen LogP contribution in [-0.4, -0.2) is 119 Å². The molecule has 390 valence electrons. The van der Waals surface area contributed by atoms with Crippen molar-refractivity contribution < 1.29 is 61.7 Å². The monoisotopic (exact) mass is 1050 g/mol. The van der Waals surface area contributed by atoms with Crippen LogP contribution in [0.25, 0.3) is 57.5 Å². The highest BCUT2D eigenvalue weighted by Crippen LogP contribution is 2.41. The van der Waals surface area contributed by atoms with Gasteiger partial charge in [0.05, 0.1) is 36.0 Å². The molecule has 3 atom stereocenters. The zero-order chi connectivity index (χ0) is 52.5. The van der Waals surface area contributed by atoms with Crippen molar-refractivity contribution >= 4 is 85.6 Å². The number of hydrogen-bond acceptors (Lipinski definition) is 12. The van der Waals surface area contributed by atoms with E-state index in [-0.39, 0.29) is 32.0 Å². The highest BCUT2D eigenvalue weighted by Gasteiger charge is 2.39. The number of carbonyl (C=O) groups is 4. The standard InChI is InChI=1S/C49H61N9O13P2/c1-29(2)46(47(51)60)57-48(61)42-7-5-23-58(42)49(62)41(6-3-4-22-50)56-43(59)28-69-36-14-8-30(9-15-36)44-37-16-10-32(52-37)26-34-12-18-39(54-34)45(40-19-13-35(55-40)27-33-11-17-38(44)53-33)31(20-24-70-72(63,64)65)21-25-71-73(66,67)68/h8-19,26-27,29,31,41-42,46,52-53H,3-7,20-25,28,50H2,1-2H3,(H2,51,60)(H,56,59)(H,57,61)(H2,63,64,65)(H2,66,67,68)/t41-,42-,46-/m0/s1. The number of aromatic amines is 2. The van der Waals surface area contributed by atoms with Crippen LogP contribution in [0, 0.1) is 5.92 Å². The normalized spacial score (nSPS) is 15.5. The Morgan fingerprint density at radius 3 is 1.89 bits per heavy atom. The molecule has 1 saturated heterocycles. The van der Waals surface area contributed by atoms with Crippen LogP contribution >= 0.6 is 15.6 Å². The van der Waals surface area contributed by atoms with Crippen molar-refractivity contribution in [1.29, 1.82) is 0 Å². The molecule has 3 aliphatic heterocycles. The SMILES string of the molecule is CC(C)[C@H](NC(=O)[C@@H]1CCCN1C(=O)[C@H](CCCCN)NC(=O)COc1ccc(-c2c3ccc(cc4nc(c(C(CCOP(=O)(O)O)CCOP(=O)(O)O)c5nc(cc6ccc2[nH]6)C=C5)C=C4)[nH]3)cc1)C(N)=O. The van der Waals surface area contributed by atoms with E-state index in [2.05, 4.69) is 20.6 Å². The first-order valence-corrected chi connectivity index (χ1v) is 26.9. The van der Waals surface area contributed by atoms with Gasteiger partial charge in [-0.2, -0.15) is 0 Å². The van der Waals surface area contributed by atoms with Crippen molar-refractivity contribution in [1.82, 2.24) is 35.5 Å². The summed E-state index contributed by atoms with van der Waals surface area (Å²) in [5.74, 6) is -2.56. The number of fused-ring (bicyclic) bond motifs is 8. The van der Waals surface area contributed by atoms with Gasteiger partial charge in [0.1, 0.15) is 23.9 Å². The first-order valence-electron chi connectivity index (χ1n) is 23.9. The molecule has 8 bridgehead atoms. The number of rotatable bonds is 23. The summed E-state index contributed by atoms with van der Waals surface area (Å²) in [6.07, 6.45) is 9.65. The lowest BCUT2D eigenvalue weighted by molar-refractivity contribution is -0.142. The Bertz CT molecular complexity index is 2880. The Labute approximate surface area is 420 Å². The van der Waals surface area contributed by atoms with Crippen molar-refractivity contribution in [3.8, 4) is 16.9 Å². The van der Waals surface area contributed by atoms with Gasteiger partial charge >= 0.3 is 15.6 Å². The molecule has 7 rings (SSSR count). The Kier molecular flexibility index (Phi) is 18.0. The zero-order valence-electron chi connectivity index (χ0n) is 40.3. The van der Waals surface area contributed by atoms with Crippen LogP contribution in [0.1, 0.15) is 93.1 Å². The minimum Gasteiger partial charge on any atom is -0.484 e. The van der Waals surface area contributed by atoms with E-state index in [1.165, 1.54) is 4.90 Å². The van der Waals surface area contributed by atoms with E-state index in [0.29, 0.717) is 90.3 Å². The third kappa shape index (κ3) is 14.9. The number of nitrogens with one attached hydrogen (secondary N) is 4. The Morgan fingerprint density at radius 1 is 0.795 bits per heavy atom. The van der Waals surface area contributed by atoms with Crippen LogP contribution in [-0.2, 0) is 37.4 Å². The van der Waals surface area contributed by atoms with Gasteiger partial charge in [0.25, 0.3) is 5.91 Å². The number of primary amides is 1. The molecular formula is C49H61N9O13P2. The minimum absolute atomic E-state index is 0.0353. The average Bonchev–Trinajstić information content (AvgIpc) is 4.20. The summed E-state index contributed by atoms with van der Waals surface area (Å²) < 4.78 is 38.6. The maximum Gasteiger partial charge on any atom is 0.469 e. The van der Waals surface area contributed by atoms with Crippen molar-refractivity contribution in [3.63, 3.8) is 0 Å². The number of likely N-dealkylation sites (tertiary alicyclic amines) is 1. The lowest BCUT2D eigenvalue weighted by Crippen LogP contribution is -2.57. The first kappa shape index (κ1) is 54.5. The number of nitrogens with two attached hydrogens (primary N) is 2. The highest BCUT2D eigenvalue weighted by atomic mass is 31.2. The van der Waals surface area contributed by atoms with E-state index in [9.17, 15) is 47.9 Å². The molecule has 4 aromatic rings. The van der Waals surface area contributed by atoms with Gasteiger partial charge in [-0.3, -0.25) is 28.2 Å². The lowest BCUT2D eigenvalue weighted by atomic mass is 9.90. The second kappa shape index (κ2) is 24.1. The average molecular weight is 1050 g/mol. The van der Waals surface area contributed by atoms with E-state index in [1.54, 1.807) is 50.3 Å². The number of unbranched alkanes of at least 4 members (excludes halogenated alkanes) is 1. The van der Waals surface area contributed by atoms with Gasteiger partial charge in [0, 0.05) is 39.7 Å². The van der Waals surface area contributed by atoms with Crippen molar-refractivity contribution in [2.75, 3.05) is 32.9 Å². The van der Waals surface area contributed by atoms with Gasteiger partial charge in [-0.25, -0.2) is 19.1 Å². The fourth-order valence-electron chi connectivity index (χ4n) is 9.06. The van der Waals surface area contributed by atoms with Gasteiger partial charge < -0.3 is 61.3 Å². The van der Waals surface area contributed by atoms with E-state index in [4.69, 9.17) is 35.2 Å². The van der Waals surface area contributed by atoms with Crippen LogP contribution < -0.4 is 26.8 Å². The van der Waals surface area contributed by atoms with Crippen molar-refractivity contribution in [3.05, 3.63) is 89.0 Å². The number of nitrogens with zero attached hydrogens (tertiary/aromatic N) is 3. The van der Waals surface area contributed by atoms with E-state index >= 15 is 0 Å². The Morgan fingerprint density at radius 2 is 1.37 bits per heavy atom. The number of ether oxygens (including phenoxy) is 1. The van der Waals surface area contributed by atoms with Gasteiger partial charge in [-0.05, 0) is 142 Å². The number of phosphoric ester groups is 2. The second-order valence-corrected chi connectivity index (χ2v) is 20.7. The van der Waals surface area contributed by atoms with Crippen molar-refractivity contribution in [2.24, 2.45) is 17.4 Å². The van der Waals surface area contributed by atoms with E-state index in [0.717, 1.165) is 22.2 Å². The number of aromatic nitrogens is 4.